The third kappa shape index (κ3) is 5.09. The van der Waals surface area contributed by atoms with Crippen LogP contribution in [0.15, 0.2) is 16.6 Å². The summed E-state index contributed by atoms with van der Waals surface area (Å²) in [4.78, 5) is 12.0. The highest BCUT2D eigenvalue weighted by Gasteiger charge is 2.22. The van der Waals surface area contributed by atoms with Crippen LogP contribution in [-0.2, 0) is 4.79 Å². The lowest BCUT2D eigenvalue weighted by Gasteiger charge is -2.19. The lowest BCUT2D eigenvalue weighted by atomic mass is 9.99. The van der Waals surface area contributed by atoms with Gasteiger partial charge in [0.15, 0.2) is 5.75 Å². The molecule has 118 valence electrons. The van der Waals surface area contributed by atoms with Gasteiger partial charge in [-0.25, -0.2) is 0 Å². The van der Waals surface area contributed by atoms with Gasteiger partial charge in [-0.1, -0.05) is 31.9 Å². The lowest BCUT2D eigenvalue weighted by molar-refractivity contribution is -0.118. The van der Waals surface area contributed by atoms with E-state index in [0.29, 0.717) is 6.42 Å². The minimum Gasteiger partial charge on any atom is -0.431 e. The molecule has 0 aliphatic carbocycles. The molecule has 0 aliphatic rings. The van der Waals surface area contributed by atoms with Crippen LogP contribution in [0.4, 0.5) is 14.5 Å². The molecule has 0 saturated heterocycles. The van der Waals surface area contributed by atoms with Crippen LogP contribution in [0.2, 0.25) is 5.02 Å². The van der Waals surface area contributed by atoms with E-state index >= 15 is 0 Å². The van der Waals surface area contributed by atoms with Crippen LogP contribution in [-0.4, -0.2) is 18.6 Å². The fourth-order valence-corrected chi connectivity index (χ4v) is 2.49. The predicted molar refractivity (Wildman–Crippen MR) is 81.8 cm³/mol. The number of amides is 1. The van der Waals surface area contributed by atoms with Gasteiger partial charge in [-0.2, -0.15) is 8.78 Å². The molecule has 2 atom stereocenters. The van der Waals surface area contributed by atoms with Gasteiger partial charge in [0.25, 0.3) is 0 Å². The average Bonchev–Trinajstić information content (AvgIpc) is 2.40. The van der Waals surface area contributed by atoms with Crippen LogP contribution in [0.25, 0.3) is 0 Å². The maximum absolute atomic E-state index is 12.4. The molecular weight excluding hydrogens is 370 g/mol. The maximum Gasteiger partial charge on any atom is 0.387 e. The summed E-state index contributed by atoms with van der Waals surface area (Å²) in [6.45, 7) is 0.703. The molecule has 1 aromatic rings. The second-order valence-corrected chi connectivity index (χ2v) is 5.83. The Balaban J connectivity index is 3.03. The van der Waals surface area contributed by atoms with Crippen LogP contribution in [0.5, 0.6) is 5.75 Å². The smallest absolute Gasteiger partial charge is 0.387 e. The van der Waals surface area contributed by atoms with Crippen molar-refractivity contribution in [1.82, 2.24) is 0 Å². The maximum atomic E-state index is 12.4. The number of carbonyl (C=O) groups is 1. The summed E-state index contributed by atoms with van der Waals surface area (Å²) in [6.07, 6.45) is 0.716. The number of benzene rings is 1. The fourth-order valence-electron chi connectivity index (χ4n) is 1.59. The molecule has 0 aromatic heterocycles. The van der Waals surface area contributed by atoms with E-state index in [1.165, 1.54) is 12.1 Å². The van der Waals surface area contributed by atoms with E-state index in [1.54, 1.807) is 0 Å². The van der Waals surface area contributed by atoms with Crippen molar-refractivity contribution in [3.63, 3.8) is 0 Å². The van der Waals surface area contributed by atoms with Gasteiger partial charge in [0.2, 0.25) is 5.91 Å². The predicted octanol–water partition coefficient (Wildman–Crippen LogP) is 4.02. The molecule has 0 bridgehead atoms. The SMILES string of the molecule is CCC(C)C(N)C(=O)Nc1cc(Cl)cc(Br)c1OC(F)F. The van der Waals surface area contributed by atoms with Crippen molar-refractivity contribution in [2.75, 3.05) is 5.32 Å². The highest BCUT2D eigenvalue weighted by molar-refractivity contribution is 9.10. The molecule has 0 saturated carbocycles. The summed E-state index contributed by atoms with van der Waals surface area (Å²) in [5.41, 5.74) is 5.84. The zero-order valence-electron chi connectivity index (χ0n) is 11.5. The first kappa shape index (κ1) is 18.1. The second-order valence-electron chi connectivity index (χ2n) is 4.54. The standard InChI is InChI=1S/C13H16BrClF2N2O2/c1-3-6(2)10(18)12(20)19-9-5-7(15)4-8(14)11(9)21-13(16)17/h4-6,10,13H,3,18H2,1-2H3,(H,19,20). The Kier molecular flexibility index (Phi) is 6.83. The van der Waals surface area contributed by atoms with E-state index in [9.17, 15) is 13.6 Å². The number of hydrogen-bond acceptors (Lipinski definition) is 3. The third-order valence-electron chi connectivity index (χ3n) is 3.03. The molecule has 2 unspecified atom stereocenters. The van der Waals surface area contributed by atoms with Gasteiger partial charge in [0.05, 0.1) is 16.2 Å². The fraction of sp³-hybridized carbons (Fsp3) is 0.462. The zero-order valence-corrected chi connectivity index (χ0v) is 13.8. The number of rotatable bonds is 6. The molecule has 4 nitrogen and oxygen atoms in total. The molecule has 3 N–H and O–H groups in total. The van der Waals surface area contributed by atoms with Gasteiger partial charge < -0.3 is 15.8 Å². The topological polar surface area (TPSA) is 64.4 Å². The molecule has 21 heavy (non-hydrogen) atoms. The van der Waals surface area contributed by atoms with E-state index in [1.807, 2.05) is 13.8 Å². The first-order valence-electron chi connectivity index (χ1n) is 6.26. The van der Waals surface area contributed by atoms with E-state index in [4.69, 9.17) is 17.3 Å². The Bertz CT molecular complexity index is 517. The van der Waals surface area contributed by atoms with Crippen LogP contribution in [0, 0.1) is 5.92 Å². The van der Waals surface area contributed by atoms with E-state index < -0.39 is 18.6 Å². The van der Waals surface area contributed by atoms with Crippen molar-refractivity contribution < 1.29 is 18.3 Å². The molecule has 1 amide bonds. The molecule has 0 radical (unpaired) electrons. The summed E-state index contributed by atoms with van der Waals surface area (Å²) in [5, 5.41) is 2.74. The molecule has 0 heterocycles. The number of alkyl halides is 2. The van der Waals surface area contributed by atoms with Crippen LogP contribution in [0.1, 0.15) is 20.3 Å². The van der Waals surface area contributed by atoms with Gasteiger partial charge in [0, 0.05) is 5.02 Å². The Morgan fingerprint density at radius 1 is 1.52 bits per heavy atom. The summed E-state index contributed by atoms with van der Waals surface area (Å²) >= 11 is 8.93. The molecule has 0 fully saturated rings. The summed E-state index contributed by atoms with van der Waals surface area (Å²) < 4.78 is 29.5. The van der Waals surface area contributed by atoms with Gasteiger partial charge in [-0.05, 0) is 34.0 Å². The Morgan fingerprint density at radius 3 is 2.67 bits per heavy atom. The number of nitrogens with two attached hydrogens (primary N) is 1. The highest BCUT2D eigenvalue weighted by atomic mass is 79.9. The Hall–Kier alpha value is -0.920. The van der Waals surface area contributed by atoms with Gasteiger partial charge in [-0.3, -0.25) is 4.79 Å². The average molecular weight is 386 g/mol. The number of halogens is 4. The van der Waals surface area contributed by atoms with E-state index in [2.05, 4.69) is 26.0 Å². The molecule has 0 spiro atoms. The monoisotopic (exact) mass is 384 g/mol. The number of ether oxygens (including phenoxy) is 1. The van der Waals surface area contributed by atoms with Crippen molar-refractivity contribution in [3.05, 3.63) is 21.6 Å². The normalized spacial score (nSPS) is 13.9. The summed E-state index contributed by atoms with van der Waals surface area (Å²) in [7, 11) is 0. The quantitative estimate of drug-likeness (QED) is 0.777. The summed E-state index contributed by atoms with van der Waals surface area (Å²) in [5.74, 6) is -0.733. The number of anilines is 1. The van der Waals surface area contributed by atoms with E-state index in [0.717, 1.165) is 0 Å². The minimum atomic E-state index is -3.03. The lowest BCUT2D eigenvalue weighted by Crippen LogP contribution is -2.40. The number of nitrogens with one attached hydrogen (secondary N) is 1. The molecule has 1 aromatic carbocycles. The highest BCUT2D eigenvalue weighted by Crippen LogP contribution is 2.37. The Morgan fingerprint density at radius 2 is 2.14 bits per heavy atom. The van der Waals surface area contributed by atoms with E-state index in [-0.39, 0.29) is 26.9 Å². The van der Waals surface area contributed by atoms with Gasteiger partial charge in [0.1, 0.15) is 0 Å². The number of hydrogen-bond donors (Lipinski definition) is 2. The number of carbonyl (C=O) groups excluding carboxylic acids is 1. The molecule has 0 aliphatic heterocycles. The van der Waals surface area contributed by atoms with Gasteiger partial charge in [-0.15, -0.1) is 0 Å². The van der Waals surface area contributed by atoms with Crippen LogP contribution < -0.4 is 15.8 Å². The Labute approximate surface area is 135 Å². The molecule has 1 rings (SSSR count). The van der Waals surface area contributed by atoms with Crippen molar-refractivity contribution in [2.45, 2.75) is 32.9 Å². The first-order chi connectivity index (χ1) is 9.76. The van der Waals surface area contributed by atoms with Crippen molar-refractivity contribution >= 4 is 39.1 Å². The van der Waals surface area contributed by atoms with Crippen molar-refractivity contribution in [1.29, 1.82) is 0 Å². The minimum absolute atomic E-state index is 0.0402. The van der Waals surface area contributed by atoms with Crippen LogP contribution in [0.3, 0.4) is 0 Å². The van der Waals surface area contributed by atoms with Crippen molar-refractivity contribution in [2.24, 2.45) is 11.7 Å². The third-order valence-corrected chi connectivity index (χ3v) is 3.84. The largest absolute Gasteiger partial charge is 0.431 e. The molecule has 8 heteroatoms. The second kappa shape index (κ2) is 7.91. The van der Waals surface area contributed by atoms with Gasteiger partial charge >= 0.3 is 6.61 Å². The first-order valence-corrected chi connectivity index (χ1v) is 7.43. The zero-order chi connectivity index (χ0) is 16.2. The van der Waals surface area contributed by atoms with Crippen molar-refractivity contribution in [3.8, 4) is 5.75 Å². The molecular formula is C13H16BrClF2N2O2. The summed E-state index contributed by atoms with van der Waals surface area (Å²) in [6, 6.07) is 1.96. The van der Waals surface area contributed by atoms with Crippen LogP contribution >= 0.6 is 27.5 Å².